The van der Waals surface area contributed by atoms with E-state index in [-0.39, 0.29) is 17.8 Å². The van der Waals surface area contributed by atoms with Gasteiger partial charge in [-0.1, -0.05) is 13.8 Å². The normalized spacial score (nSPS) is 40.8. The van der Waals surface area contributed by atoms with Crippen LogP contribution in [0.4, 0.5) is 4.39 Å². The van der Waals surface area contributed by atoms with E-state index in [1.54, 1.807) is 16.8 Å². The molecule has 0 spiro atoms. The van der Waals surface area contributed by atoms with Gasteiger partial charge in [-0.05, 0) is 135 Å². The number of halogens is 1. The molecule has 190 valence electrons. The second kappa shape index (κ2) is 8.71. The zero-order valence-electron chi connectivity index (χ0n) is 21.5. The second-order valence-electron chi connectivity index (χ2n) is 13.1. The van der Waals surface area contributed by atoms with Crippen molar-refractivity contribution in [3.63, 3.8) is 0 Å². The molecule has 35 heavy (non-hydrogen) atoms. The summed E-state index contributed by atoms with van der Waals surface area (Å²) in [4.78, 5) is 13.0. The van der Waals surface area contributed by atoms with Crippen molar-refractivity contribution >= 4 is 16.8 Å². The van der Waals surface area contributed by atoms with Gasteiger partial charge in [0.15, 0.2) is 0 Å². The maximum atomic E-state index is 13.5. The Kier molecular flexibility index (Phi) is 5.90. The van der Waals surface area contributed by atoms with Crippen molar-refractivity contribution in [3.8, 4) is 0 Å². The van der Waals surface area contributed by atoms with Crippen LogP contribution in [0.15, 0.2) is 30.5 Å². The van der Waals surface area contributed by atoms with Gasteiger partial charge in [0.05, 0.1) is 11.6 Å². The van der Waals surface area contributed by atoms with Gasteiger partial charge in [-0.15, -0.1) is 0 Å². The van der Waals surface area contributed by atoms with Gasteiger partial charge in [-0.25, -0.2) is 4.39 Å². The van der Waals surface area contributed by atoms with E-state index in [0.29, 0.717) is 17.3 Å². The largest absolute Gasteiger partial charge is 0.393 e. The van der Waals surface area contributed by atoms with Crippen molar-refractivity contribution in [3.05, 3.63) is 36.3 Å². The monoisotopic (exact) mass is 479 g/mol. The van der Waals surface area contributed by atoms with Gasteiger partial charge in [0.1, 0.15) is 5.82 Å². The van der Waals surface area contributed by atoms with Gasteiger partial charge in [-0.3, -0.25) is 9.36 Å². The predicted molar refractivity (Wildman–Crippen MR) is 138 cm³/mol. The quantitative estimate of drug-likeness (QED) is 0.490. The van der Waals surface area contributed by atoms with Crippen LogP contribution in [0.3, 0.4) is 0 Å². The molecule has 0 saturated heterocycles. The number of carbonyl (C=O) groups excluding carboxylic acids is 1. The fourth-order valence-electron chi connectivity index (χ4n) is 9.77. The minimum absolute atomic E-state index is 0.0669. The molecule has 1 aromatic heterocycles. The van der Waals surface area contributed by atoms with Gasteiger partial charge in [0, 0.05) is 18.0 Å². The zero-order valence-corrected chi connectivity index (χ0v) is 21.5. The van der Waals surface area contributed by atoms with Crippen LogP contribution >= 0.6 is 0 Å². The topological polar surface area (TPSA) is 42.2 Å². The standard InChI is InChI=1S/C31H42FNO2/c1-30-16-13-27-25(9-6-22-19-24(34)12-15-31(22,27)2)26(30)10-7-21(30)4-3-5-29(35)33-17-14-20-18-23(32)8-11-28(20)33/h8,11,14,17-18,21-22,24-27,34H,3-7,9-10,12-13,15-16,19H2,1-2H3/t21?,22?,24-,25?,26?,27?,30?,31?/m1/s1. The summed E-state index contributed by atoms with van der Waals surface area (Å²) in [7, 11) is 0. The first kappa shape index (κ1) is 23.7. The molecule has 4 fully saturated rings. The van der Waals surface area contributed by atoms with Crippen molar-refractivity contribution in [1.29, 1.82) is 0 Å². The highest BCUT2D eigenvalue weighted by Gasteiger charge is 2.59. The number of benzene rings is 1. The molecule has 4 aliphatic carbocycles. The Balaban J connectivity index is 1.10. The average molecular weight is 480 g/mol. The summed E-state index contributed by atoms with van der Waals surface area (Å²) in [6, 6.07) is 6.48. The number of nitrogens with zero attached hydrogens (tertiary/aromatic N) is 1. The first-order valence-corrected chi connectivity index (χ1v) is 14.3. The van der Waals surface area contributed by atoms with Gasteiger partial charge in [-0.2, -0.15) is 0 Å². The SMILES string of the molecule is CC12CCC3C(CCC4C[C@H](O)CCC43C)C1CCC2CCCC(=O)n1ccc2cc(F)ccc21. The van der Waals surface area contributed by atoms with Crippen LogP contribution in [0.25, 0.3) is 10.9 Å². The van der Waals surface area contributed by atoms with E-state index in [0.717, 1.165) is 66.2 Å². The molecule has 0 radical (unpaired) electrons. The Morgan fingerprint density at radius 2 is 1.83 bits per heavy atom. The molecule has 8 atom stereocenters. The molecule has 4 aliphatic rings. The molecule has 3 nitrogen and oxygen atoms in total. The van der Waals surface area contributed by atoms with Crippen molar-refractivity contribution in [2.75, 3.05) is 0 Å². The van der Waals surface area contributed by atoms with E-state index < -0.39 is 0 Å². The lowest BCUT2D eigenvalue weighted by Crippen LogP contribution is -2.53. The van der Waals surface area contributed by atoms with Crippen LogP contribution in [0, 0.1) is 46.2 Å². The minimum atomic E-state index is -0.259. The van der Waals surface area contributed by atoms with Crippen LogP contribution in [0.2, 0.25) is 0 Å². The Morgan fingerprint density at radius 3 is 2.69 bits per heavy atom. The van der Waals surface area contributed by atoms with E-state index in [2.05, 4.69) is 13.8 Å². The summed E-state index contributed by atoms with van der Waals surface area (Å²) in [6.07, 6.45) is 15.7. The lowest BCUT2D eigenvalue weighted by Gasteiger charge is -2.61. The highest BCUT2D eigenvalue weighted by Crippen LogP contribution is 2.67. The molecule has 6 rings (SSSR count). The van der Waals surface area contributed by atoms with Crippen molar-refractivity contribution < 1.29 is 14.3 Å². The number of hydrogen-bond donors (Lipinski definition) is 1. The molecule has 1 N–H and O–H groups in total. The molecule has 4 heteroatoms. The summed E-state index contributed by atoms with van der Waals surface area (Å²) in [5.74, 6) is 3.87. The maximum Gasteiger partial charge on any atom is 0.231 e. The van der Waals surface area contributed by atoms with Crippen molar-refractivity contribution in [2.45, 2.75) is 97.0 Å². The van der Waals surface area contributed by atoms with Crippen LogP contribution in [-0.2, 0) is 0 Å². The van der Waals surface area contributed by atoms with E-state index in [9.17, 15) is 14.3 Å². The lowest BCUT2D eigenvalue weighted by atomic mass is 9.44. The number of aromatic nitrogens is 1. The number of hydrogen-bond acceptors (Lipinski definition) is 2. The second-order valence-corrected chi connectivity index (χ2v) is 13.1. The van der Waals surface area contributed by atoms with Gasteiger partial charge in [0.2, 0.25) is 5.91 Å². The Morgan fingerprint density at radius 1 is 1.03 bits per heavy atom. The Labute approximate surface area is 209 Å². The third-order valence-electron chi connectivity index (χ3n) is 11.7. The molecular weight excluding hydrogens is 437 g/mol. The minimum Gasteiger partial charge on any atom is -0.393 e. The summed E-state index contributed by atoms with van der Waals surface area (Å²) in [5, 5.41) is 11.1. The summed E-state index contributed by atoms with van der Waals surface area (Å²) in [6.45, 7) is 5.15. The molecule has 1 heterocycles. The highest BCUT2D eigenvalue weighted by atomic mass is 19.1. The van der Waals surface area contributed by atoms with Gasteiger partial charge in [0.25, 0.3) is 0 Å². The number of aliphatic hydroxyl groups is 1. The van der Waals surface area contributed by atoms with Crippen LogP contribution in [0.1, 0.15) is 95.7 Å². The maximum absolute atomic E-state index is 13.5. The first-order chi connectivity index (χ1) is 16.8. The average Bonchev–Trinajstić information content (AvgIpc) is 3.40. The van der Waals surface area contributed by atoms with Crippen molar-refractivity contribution in [2.24, 2.45) is 40.4 Å². The smallest absolute Gasteiger partial charge is 0.231 e. The fourth-order valence-corrected chi connectivity index (χ4v) is 9.77. The number of carbonyl (C=O) groups is 1. The van der Waals surface area contributed by atoms with Crippen LogP contribution in [0.5, 0.6) is 0 Å². The zero-order chi connectivity index (χ0) is 24.4. The van der Waals surface area contributed by atoms with E-state index >= 15 is 0 Å². The van der Waals surface area contributed by atoms with Crippen LogP contribution < -0.4 is 0 Å². The molecule has 0 bridgehead atoms. The van der Waals surface area contributed by atoms with E-state index in [1.165, 1.54) is 57.1 Å². The molecule has 2 aromatic rings. The Hall–Kier alpha value is -1.68. The lowest BCUT2D eigenvalue weighted by molar-refractivity contribution is -0.126. The third kappa shape index (κ3) is 3.81. The first-order valence-electron chi connectivity index (χ1n) is 14.3. The van der Waals surface area contributed by atoms with Gasteiger partial charge >= 0.3 is 0 Å². The van der Waals surface area contributed by atoms with Gasteiger partial charge < -0.3 is 5.11 Å². The fraction of sp³-hybridized carbons (Fsp3) is 0.710. The summed E-state index contributed by atoms with van der Waals surface area (Å²) < 4.78 is 15.2. The number of aliphatic hydroxyl groups excluding tert-OH is 1. The molecule has 0 aliphatic heterocycles. The summed E-state index contributed by atoms with van der Waals surface area (Å²) in [5.41, 5.74) is 1.68. The Bertz CT molecular complexity index is 1110. The molecule has 7 unspecified atom stereocenters. The third-order valence-corrected chi connectivity index (χ3v) is 11.7. The molecular formula is C31H42FNO2. The number of rotatable bonds is 4. The molecule has 4 saturated carbocycles. The molecule has 0 amide bonds. The van der Waals surface area contributed by atoms with E-state index in [4.69, 9.17) is 0 Å². The predicted octanol–water partition coefficient (Wildman–Crippen LogP) is 7.61. The summed E-state index contributed by atoms with van der Waals surface area (Å²) >= 11 is 0. The highest BCUT2D eigenvalue weighted by molar-refractivity contribution is 5.92. The van der Waals surface area contributed by atoms with Crippen LogP contribution in [-0.4, -0.2) is 21.7 Å². The number of fused-ring (bicyclic) bond motifs is 6. The molecule has 1 aromatic carbocycles. The van der Waals surface area contributed by atoms with Crippen molar-refractivity contribution in [1.82, 2.24) is 4.57 Å². The van der Waals surface area contributed by atoms with E-state index in [1.807, 2.05) is 6.07 Å².